The Hall–Kier alpha value is -0.770. The zero-order chi connectivity index (χ0) is 5.98. The molecule has 0 spiro atoms. The summed E-state index contributed by atoms with van der Waals surface area (Å²) < 4.78 is 0. The summed E-state index contributed by atoms with van der Waals surface area (Å²) in [5.41, 5.74) is 8.18. The number of hydrogen-bond donors (Lipinski definition) is 2. The Bertz CT molecular complexity index is 105. The minimum absolute atomic E-state index is 0.488. The van der Waals surface area contributed by atoms with Crippen LogP contribution >= 0.6 is 0 Å². The van der Waals surface area contributed by atoms with Crippen molar-refractivity contribution in [3.63, 3.8) is 0 Å². The average Bonchev–Trinajstić information content (AvgIpc) is 2.50. The first-order chi connectivity index (χ1) is 3.83. The van der Waals surface area contributed by atoms with Crippen molar-refractivity contribution in [2.45, 2.75) is 0 Å². The third-order valence-electron chi connectivity index (χ3n) is 0.961. The first-order valence-corrected chi connectivity index (χ1v) is 2.57. The van der Waals surface area contributed by atoms with Gasteiger partial charge in [0.05, 0.1) is 0 Å². The average molecular weight is 114 g/mol. The molecular formula is C4H10N4. The summed E-state index contributed by atoms with van der Waals surface area (Å²) in [5, 5.41) is 1.97. The number of nitrogens with two attached hydrogens (primary N) is 1. The topological polar surface area (TPSA) is 53.4 Å². The van der Waals surface area contributed by atoms with Crippen molar-refractivity contribution in [2.24, 2.45) is 10.7 Å². The van der Waals surface area contributed by atoms with Crippen LogP contribution in [0.4, 0.5) is 0 Å². The molecule has 3 N–H and O–H groups in total. The summed E-state index contributed by atoms with van der Waals surface area (Å²) >= 11 is 0. The molecule has 0 aromatic heterocycles. The van der Waals surface area contributed by atoms with Crippen molar-refractivity contribution in [1.82, 2.24) is 10.4 Å². The van der Waals surface area contributed by atoms with Gasteiger partial charge in [-0.05, 0) is 0 Å². The Labute approximate surface area is 48.3 Å². The van der Waals surface area contributed by atoms with Gasteiger partial charge < -0.3 is 5.73 Å². The van der Waals surface area contributed by atoms with Crippen LogP contribution in [0.15, 0.2) is 4.99 Å². The lowest BCUT2D eigenvalue weighted by Gasteiger charge is -2.01. The predicted octanol–water partition coefficient (Wildman–Crippen LogP) is -1.25. The third-order valence-corrected chi connectivity index (χ3v) is 0.961. The van der Waals surface area contributed by atoms with E-state index in [0.717, 1.165) is 13.1 Å². The van der Waals surface area contributed by atoms with Gasteiger partial charge in [-0.25, -0.2) is 5.01 Å². The fraction of sp³-hybridized carbons (Fsp3) is 0.750. The van der Waals surface area contributed by atoms with Gasteiger partial charge in [-0.1, -0.05) is 0 Å². The number of aliphatic imine (C=N–C) groups is 1. The second-order valence-electron chi connectivity index (χ2n) is 1.71. The number of rotatable bonds is 1. The van der Waals surface area contributed by atoms with Crippen LogP contribution in [0.5, 0.6) is 0 Å². The second-order valence-corrected chi connectivity index (χ2v) is 1.71. The molecule has 1 fully saturated rings. The molecule has 4 nitrogen and oxygen atoms in total. The molecule has 0 atom stereocenters. The number of nitrogens with one attached hydrogen (secondary N) is 1. The van der Waals surface area contributed by atoms with Gasteiger partial charge in [0, 0.05) is 20.1 Å². The molecule has 0 aliphatic carbocycles. The first-order valence-electron chi connectivity index (χ1n) is 2.57. The van der Waals surface area contributed by atoms with Gasteiger partial charge in [-0.3, -0.25) is 10.4 Å². The van der Waals surface area contributed by atoms with Crippen molar-refractivity contribution in [1.29, 1.82) is 0 Å². The molecule has 1 aliphatic heterocycles. The van der Waals surface area contributed by atoms with E-state index in [2.05, 4.69) is 10.4 Å². The lowest BCUT2D eigenvalue weighted by atomic mass is 11.0. The molecule has 0 aromatic carbocycles. The Kier molecular flexibility index (Phi) is 1.34. The van der Waals surface area contributed by atoms with Gasteiger partial charge in [0.25, 0.3) is 0 Å². The van der Waals surface area contributed by atoms with Crippen molar-refractivity contribution in [3.8, 4) is 0 Å². The van der Waals surface area contributed by atoms with E-state index in [1.165, 1.54) is 0 Å². The SMILES string of the molecule is CN=C(N)NN1CC1. The van der Waals surface area contributed by atoms with Gasteiger partial charge in [-0.15, -0.1) is 0 Å². The summed E-state index contributed by atoms with van der Waals surface area (Å²) in [6.07, 6.45) is 0. The first kappa shape index (κ1) is 5.37. The Balaban J connectivity index is 2.16. The van der Waals surface area contributed by atoms with E-state index >= 15 is 0 Å². The standard InChI is InChI=1S/C4H10N4/c1-6-4(5)7-8-2-3-8/h2-3H2,1H3,(H3,5,6,7). The molecule has 1 rings (SSSR count). The molecule has 0 unspecified atom stereocenters. The van der Waals surface area contributed by atoms with Gasteiger partial charge in [0.15, 0.2) is 0 Å². The third kappa shape index (κ3) is 1.38. The van der Waals surface area contributed by atoms with Crippen LogP contribution in [0.1, 0.15) is 0 Å². The van der Waals surface area contributed by atoms with Crippen molar-refractivity contribution in [2.75, 3.05) is 20.1 Å². The largest absolute Gasteiger partial charge is 0.369 e. The van der Waals surface area contributed by atoms with E-state index in [4.69, 9.17) is 5.73 Å². The van der Waals surface area contributed by atoms with E-state index in [1.807, 2.05) is 5.01 Å². The van der Waals surface area contributed by atoms with Crippen molar-refractivity contribution < 1.29 is 0 Å². The molecule has 4 heteroatoms. The van der Waals surface area contributed by atoms with E-state index < -0.39 is 0 Å². The highest BCUT2D eigenvalue weighted by molar-refractivity contribution is 5.77. The molecule has 46 valence electrons. The fourth-order valence-electron chi connectivity index (χ4n) is 0.374. The quantitative estimate of drug-likeness (QED) is 0.254. The molecule has 1 saturated heterocycles. The molecule has 0 radical (unpaired) electrons. The Morgan fingerprint density at radius 1 is 1.75 bits per heavy atom. The lowest BCUT2D eigenvalue weighted by Crippen LogP contribution is -2.35. The summed E-state index contributed by atoms with van der Waals surface area (Å²) in [5.74, 6) is 0.488. The Morgan fingerprint density at radius 2 is 2.38 bits per heavy atom. The highest BCUT2D eigenvalue weighted by atomic mass is 15.6. The van der Waals surface area contributed by atoms with Gasteiger partial charge in [-0.2, -0.15) is 0 Å². The maximum absolute atomic E-state index is 5.31. The van der Waals surface area contributed by atoms with Crippen LogP contribution in [0.2, 0.25) is 0 Å². The predicted molar refractivity (Wildman–Crippen MR) is 32.3 cm³/mol. The van der Waals surface area contributed by atoms with E-state index in [9.17, 15) is 0 Å². The molecule has 0 aromatic rings. The molecular weight excluding hydrogens is 104 g/mol. The number of nitrogens with zero attached hydrogens (tertiary/aromatic N) is 2. The highest BCUT2D eigenvalue weighted by Crippen LogP contribution is 1.94. The summed E-state index contributed by atoms with van der Waals surface area (Å²) in [6.45, 7) is 2.16. The zero-order valence-electron chi connectivity index (χ0n) is 4.89. The van der Waals surface area contributed by atoms with Crippen LogP contribution in [-0.2, 0) is 0 Å². The van der Waals surface area contributed by atoms with E-state index in [-0.39, 0.29) is 0 Å². The maximum atomic E-state index is 5.31. The van der Waals surface area contributed by atoms with Gasteiger partial charge >= 0.3 is 0 Å². The fourth-order valence-corrected chi connectivity index (χ4v) is 0.374. The van der Waals surface area contributed by atoms with E-state index in [0.29, 0.717) is 5.96 Å². The molecule has 0 saturated carbocycles. The van der Waals surface area contributed by atoms with Crippen LogP contribution < -0.4 is 11.2 Å². The van der Waals surface area contributed by atoms with E-state index in [1.54, 1.807) is 7.05 Å². The van der Waals surface area contributed by atoms with Crippen LogP contribution in [0.3, 0.4) is 0 Å². The smallest absolute Gasteiger partial charge is 0.203 e. The van der Waals surface area contributed by atoms with Gasteiger partial charge in [0.2, 0.25) is 5.96 Å². The molecule has 8 heavy (non-hydrogen) atoms. The minimum Gasteiger partial charge on any atom is -0.369 e. The van der Waals surface area contributed by atoms with Crippen molar-refractivity contribution in [3.05, 3.63) is 0 Å². The highest BCUT2D eigenvalue weighted by Gasteiger charge is 2.16. The molecule has 1 heterocycles. The normalized spacial score (nSPS) is 20.9. The summed E-state index contributed by atoms with van der Waals surface area (Å²) in [6, 6.07) is 0. The number of hydrogen-bond acceptors (Lipinski definition) is 2. The van der Waals surface area contributed by atoms with Gasteiger partial charge in [0.1, 0.15) is 0 Å². The monoisotopic (exact) mass is 114 g/mol. The van der Waals surface area contributed by atoms with Crippen LogP contribution in [-0.4, -0.2) is 31.1 Å². The number of hydrazine groups is 1. The second kappa shape index (κ2) is 2.00. The molecule has 1 aliphatic rings. The minimum atomic E-state index is 0.488. The molecule has 0 amide bonds. The zero-order valence-corrected chi connectivity index (χ0v) is 4.89. The maximum Gasteiger partial charge on any atom is 0.203 e. The van der Waals surface area contributed by atoms with Crippen LogP contribution in [0, 0.1) is 0 Å². The Morgan fingerprint density at radius 3 is 2.75 bits per heavy atom. The summed E-state index contributed by atoms with van der Waals surface area (Å²) in [7, 11) is 1.66. The van der Waals surface area contributed by atoms with Crippen LogP contribution in [0.25, 0.3) is 0 Å². The van der Waals surface area contributed by atoms with Crippen molar-refractivity contribution >= 4 is 5.96 Å². The molecule has 0 bridgehead atoms. The summed E-state index contributed by atoms with van der Waals surface area (Å²) in [4.78, 5) is 3.71. The lowest BCUT2D eigenvalue weighted by molar-refractivity contribution is 0.505. The number of guanidine groups is 1.